The van der Waals surface area contributed by atoms with Gasteiger partial charge in [-0.15, -0.1) is 0 Å². The lowest BCUT2D eigenvalue weighted by atomic mass is 10.0. The van der Waals surface area contributed by atoms with E-state index in [-0.39, 0.29) is 10.7 Å². The van der Waals surface area contributed by atoms with Crippen LogP contribution in [0.25, 0.3) is 11.1 Å². The van der Waals surface area contributed by atoms with Gasteiger partial charge in [0.1, 0.15) is 0 Å². The van der Waals surface area contributed by atoms with Gasteiger partial charge in [0, 0.05) is 17.2 Å². The molecule has 2 aromatic carbocycles. The van der Waals surface area contributed by atoms with E-state index < -0.39 is 16.7 Å². The average Bonchev–Trinajstić information content (AvgIpc) is 2.40. The lowest BCUT2D eigenvalue weighted by Crippen LogP contribution is -2.04. The summed E-state index contributed by atoms with van der Waals surface area (Å²) in [5.41, 5.74) is 0.412. The van der Waals surface area contributed by atoms with E-state index in [0.29, 0.717) is 16.7 Å². The largest absolute Gasteiger partial charge is 0.416 e. The fourth-order valence-corrected chi connectivity index (χ4v) is 2.19. The van der Waals surface area contributed by atoms with Crippen molar-refractivity contribution < 1.29 is 18.1 Å². The minimum atomic E-state index is -4.41. The Morgan fingerprint density at radius 3 is 2.19 bits per heavy atom. The first-order valence-electron chi connectivity index (χ1n) is 5.82. The molecule has 0 saturated heterocycles. The van der Waals surface area contributed by atoms with Gasteiger partial charge in [0.2, 0.25) is 0 Å². The van der Waals surface area contributed by atoms with E-state index in [9.17, 15) is 23.3 Å². The van der Waals surface area contributed by atoms with E-state index in [0.717, 1.165) is 12.1 Å². The standard InChI is InChI=1S/C14H9ClF3NO2/c1-8-6-11(12(15)7-13(8)19(20)21)9-2-4-10(5-3-9)14(16,17)18/h2-7H,1H3. The molecular formula is C14H9ClF3NO2. The second kappa shape index (κ2) is 5.37. The quantitative estimate of drug-likeness (QED) is 0.561. The Kier molecular flexibility index (Phi) is 3.91. The first-order valence-corrected chi connectivity index (χ1v) is 6.20. The summed E-state index contributed by atoms with van der Waals surface area (Å²) in [5, 5.41) is 10.9. The molecule has 0 radical (unpaired) electrons. The molecule has 0 aliphatic heterocycles. The van der Waals surface area contributed by atoms with E-state index in [1.165, 1.54) is 24.3 Å². The third-order valence-corrected chi connectivity index (χ3v) is 3.32. The predicted octanol–water partition coefficient (Wildman–Crippen LogP) is 5.24. The summed E-state index contributed by atoms with van der Waals surface area (Å²) in [7, 11) is 0. The van der Waals surface area contributed by atoms with E-state index in [1.54, 1.807) is 6.92 Å². The third-order valence-electron chi connectivity index (χ3n) is 3.01. The van der Waals surface area contributed by atoms with Gasteiger partial charge in [-0.3, -0.25) is 10.1 Å². The van der Waals surface area contributed by atoms with Crippen molar-refractivity contribution in [1.29, 1.82) is 0 Å². The van der Waals surface area contributed by atoms with Gasteiger partial charge < -0.3 is 0 Å². The van der Waals surface area contributed by atoms with Crippen LogP contribution in [0, 0.1) is 17.0 Å². The van der Waals surface area contributed by atoms with Crippen molar-refractivity contribution in [2.24, 2.45) is 0 Å². The highest BCUT2D eigenvalue weighted by Gasteiger charge is 2.30. The van der Waals surface area contributed by atoms with Gasteiger partial charge in [0.05, 0.1) is 15.5 Å². The highest BCUT2D eigenvalue weighted by molar-refractivity contribution is 6.33. The maximum Gasteiger partial charge on any atom is 0.416 e. The number of halogens is 4. The first-order chi connectivity index (χ1) is 9.70. The molecule has 0 bridgehead atoms. The van der Waals surface area contributed by atoms with Crippen LogP contribution in [0.15, 0.2) is 36.4 Å². The van der Waals surface area contributed by atoms with Gasteiger partial charge in [-0.1, -0.05) is 23.7 Å². The Hall–Kier alpha value is -2.08. The van der Waals surface area contributed by atoms with Crippen LogP contribution >= 0.6 is 11.6 Å². The van der Waals surface area contributed by atoms with Crippen LogP contribution < -0.4 is 0 Å². The zero-order valence-corrected chi connectivity index (χ0v) is 11.5. The van der Waals surface area contributed by atoms with Crippen molar-refractivity contribution in [3.8, 4) is 11.1 Å². The minimum Gasteiger partial charge on any atom is -0.258 e. The molecule has 0 N–H and O–H groups in total. The van der Waals surface area contributed by atoms with Crippen LogP contribution in [0.4, 0.5) is 18.9 Å². The van der Waals surface area contributed by atoms with Crippen LogP contribution in [0.3, 0.4) is 0 Å². The van der Waals surface area contributed by atoms with Crippen molar-refractivity contribution in [3.05, 3.63) is 62.7 Å². The lowest BCUT2D eigenvalue weighted by Gasteiger charge is -2.09. The summed E-state index contributed by atoms with van der Waals surface area (Å²) in [6.45, 7) is 1.54. The number of benzene rings is 2. The number of nitrogens with zero attached hydrogens (tertiary/aromatic N) is 1. The number of hydrogen-bond donors (Lipinski definition) is 0. The SMILES string of the molecule is Cc1cc(-c2ccc(C(F)(F)F)cc2)c(Cl)cc1[N+](=O)[O-]. The summed E-state index contributed by atoms with van der Waals surface area (Å²) in [4.78, 5) is 10.2. The molecular weight excluding hydrogens is 307 g/mol. The van der Waals surface area contributed by atoms with Crippen molar-refractivity contribution in [2.45, 2.75) is 13.1 Å². The number of rotatable bonds is 2. The smallest absolute Gasteiger partial charge is 0.258 e. The molecule has 0 aliphatic carbocycles. The molecule has 0 aromatic heterocycles. The molecule has 0 amide bonds. The Bertz CT molecular complexity index is 697. The monoisotopic (exact) mass is 315 g/mol. The van der Waals surface area contributed by atoms with E-state index in [1.807, 2.05) is 0 Å². The molecule has 21 heavy (non-hydrogen) atoms. The van der Waals surface area contributed by atoms with E-state index in [4.69, 9.17) is 11.6 Å². The number of hydrogen-bond acceptors (Lipinski definition) is 2. The van der Waals surface area contributed by atoms with Crippen LogP contribution in [0.5, 0.6) is 0 Å². The molecule has 0 saturated carbocycles. The summed E-state index contributed by atoms with van der Waals surface area (Å²) < 4.78 is 37.5. The normalized spacial score (nSPS) is 11.5. The molecule has 0 fully saturated rings. The topological polar surface area (TPSA) is 43.1 Å². The molecule has 0 atom stereocenters. The van der Waals surface area contributed by atoms with Crippen molar-refractivity contribution in [3.63, 3.8) is 0 Å². The summed E-state index contributed by atoms with van der Waals surface area (Å²) in [5.74, 6) is 0. The van der Waals surface area contributed by atoms with Crippen LogP contribution in [0.2, 0.25) is 5.02 Å². The van der Waals surface area contributed by atoms with Gasteiger partial charge in [0.25, 0.3) is 5.69 Å². The molecule has 2 aromatic rings. The Labute approximate surface area is 123 Å². The van der Waals surface area contributed by atoms with Crippen LogP contribution in [-0.2, 0) is 6.18 Å². The first kappa shape index (κ1) is 15.3. The second-order valence-corrected chi connectivity index (χ2v) is 4.86. The van der Waals surface area contributed by atoms with Crippen molar-refractivity contribution in [1.82, 2.24) is 0 Å². The van der Waals surface area contributed by atoms with Gasteiger partial charge in [-0.05, 0) is 30.7 Å². The predicted molar refractivity (Wildman–Crippen MR) is 73.3 cm³/mol. The lowest BCUT2D eigenvalue weighted by molar-refractivity contribution is -0.385. The maximum absolute atomic E-state index is 12.5. The molecule has 7 heteroatoms. The third kappa shape index (κ3) is 3.16. The molecule has 3 nitrogen and oxygen atoms in total. The molecule has 110 valence electrons. The maximum atomic E-state index is 12.5. The zero-order valence-electron chi connectivity index (χ0n) is 10.7. The van der Waals surface area contributed by atoms with Crippen molar-refractivity contribution >= 4 is 17.3 Å². The number of nitro benzene ring substituents is 1. The summed E-state index contributed by atoms with van der Waals surface area (Å²) >= 11 is 5.98. The zero-order chi connectivity index (χ0) is 15.8. The second-order valence-electron chi connectivity index (χ2n) is 4.45. The van der Waals surface area contributed by atoms with Crippen LogP contribution in [0.1, 0.15) is 11.1 Å². The Balaban J connectivity index is 2.48. The molecule has 0 aliphatic rings. The highest BCUT2D eigenvalue weighted by atomic mass is 35.5. The van der Waals surface area contributed by atoms with Crippen LogP contribution in [-0.4, -0.2) is 4.92 Å². The summed E-state index contributed by atoms with van der Waals surface area (Å²) in [6, 6.07) is 7.16. The molecule has 0 spiro atoms. The van der Waals surface area contributed by atoms with E-state index >= 15 is 0 Å². The van der Waals surface area contributed by atoms with Crippen molar-refractivity contribution in [2.75, 3.05) is 0 Å². The fraction of sp³-hybridized carbons (Fsp3) is 0.143. The van der Waals surface area contributed by atoms with E-state index in [2.05, 4.69) is 0 Å². The average molecular weight is 316 g/mol. The molecule has 2 rings (SSSR count). The number of nitro groups is 1. The van der Waals surface area contributed by atoms with Gasteiger partial charge in [0.15, 0.2) is 0 Å². The molecule has 0 heterocycles. The van der Waals surface area contributed by atoms with Gasteiger partial charge in [-0.25, -0.2) is 0 Å². The Morgan fingerprint density at radius 2 is 1.71 bits per heavy atom. The Morgan fingerprint density at radius 1 is 1.14 bits per heavy atom. The highest BCUT2D eigenvalue weighted by Crippen LogP contribution is 2.35. The minimum absolute atomic E-state index is 0.118. The molecule has 0 unspecified atom stereocenters. The van der Waals surface area contributed by atoms with Gasteiger partial charge >= 0.3 is 6.18 Å². The fourth-order valence-electron chi connectivity index (χ4n) is 1.93. The number of alkyl halides is 3. The number of aryl methyl sites for hydroxylation is 1. The summed E-state index contributed by atoms with van der Waals surface area (Å²) in [6.07, 6.45) is -4.41. The van der Waals surface area contributed by atoms with Gasteiger partial charge in [-0.2, -0.15) is 13.2 Å².